The molecule has 0 radical (unpaired) electrons. The number of rotatable bonds is 10. The van der Waals surface area contributed by atoms with Crippen LogP contribution in [0.2, 0.25) is 0 Å². The number of pyridine rings is 1. The zero-order valence-electron chi connectivity index (χ0n) is 18.2. The van der Waals surface area contributed by atoms with Gasteiger partial charge >= 0.3 is 0 Å². The molecule has 0 fully saturated rings. The van der Waals surface area contributed by atoms with E-state index in [-0.39, 0.29) is 29.9 Å². The Bertz CT molecular complexity index is 585. The first-order valence-electron chi connectivity index (χ1n) is 9.97. The molecule has 0 saturated heterocycles. The number of likely N-dealkylation sites (N-methyl/N-ethyl adjacent to an activating group) is 2. The van der Waals surface area contributed by atoms with E-state index in [1.807, 2.05) is 49.9 Å². The van der Waals surface area contributed by atoms with Crippen molar-refractivity contribution in [2.24, 2.45) is 4.99 Å². The maximum absolute atomic E-state index is 12.3. The van der Waals surface area contributed by atoms with E-state index in [0.717, 1.165) is 50.1 Å². The van der Waals surface area contributed by atoms with E-state index in [9.17, 15) is 4.79 Å². The third kappa shape index (κ3) is 8.20. The highest BCUT2D eigenvalue weighted by atomic mass is 127. The van der Waals surface area contributed by atoms with Crippen molar-refractivity contribution in [1.82, 2.24) is 20.1 Å². The monoisotopic (exact) mass is 504 g/mol. The summed E-state index contributed by atoms with van der Waals surface area (Å²) < 4.78 is 0. The Kier molecular flexibility index (Phi) is 13.6. The van der Waals surface area contributed by atoms with Crippen molar-refractivity contribution in [2.45, 2.75) is 41.2 Å². The SMILES string of the molecule is CCNC(=NCc1ccc(N(CC)CC)nc1)N(C)CC(=O)N(CC)CC.I. The van der Waals surface area contributed by atoms with Crippen molar-refractivity contribution in [2.75, 3.05) is 51.2 Å². The molecular weight excluding hydrogens is 467 g/mol. The number of aromatic nitrogens is 1. The van der Waals surface area contributed by atoms with Crippen LogP contribution in [0, 0.1) is 0 Å². The fourth-order valence-corrected chi connectivity index (χ4v) is 2.83. The summed E-state index contributed by atoms with van der Waals surface area (Å²) >= 11 is 0. The van der Waals surface area contributed by atoms with Gasteiger partial charge in [0.1, 0.15) is 5.82 Å². The van der Waals surface area contributed by atoms with Crippen LogP contribution in [-0.2, 0) is 11.3 Å². The van der Waals surface area contributed by atoms with Gasteiger partial charge in [-0.25, -0.2) is 9.98 Å². The molecule has 8 heteroatoms. The topological polar surface area (TPSA) is 64.1 Å². The summed E-state index contributed by atoms with van der Waals surface area (Å²) in [5.74, 6) is 1.82. The van der Waals surface area contributed by atoms with E-state index in [1.54, 1.807) is 0 Å². The highest BCUT2D eigenvalue weighted by Crippen LogP contribution is 2.11. The van der Waals surface area contributed by atoms with Gasteiger partial charge in [0.15, 0.2) is 5.96 Å². The minimum absolute atomic E-state index is 0. The predicted octanol–water partition coefficient (Wildman–Crippen LogP) is 2.81. The highest BCUT2D eigenvalue weighted by molar-refractivity contribution is 14.0. The van der Waals surface area contributed by atoms with Crippen LogP contribution in [0.1, 0.15) is 40.2 Å². The second-order valence-electron chi connectivity index (χ2n) is 6.29. The van der Waals surface area contributed by atoms with Gasteiger partial charge in [-0.2, -0.15) is 0 Å². The standard InChI is InChI=1S/C20H36N6O.HI/c1-7-21-20(24(6)16-19(27)26(10-4)11-5)23-15-17-12-13-18(22-14-17)25(8-2)9-3;/h12-14H,7-11,15-16H2,1-6H3,(H,21,23);1H. The maximum Gasteiger partial charge on any atom is 0.242 e. The van der Waals surface area contributed by atoms with E-state index in [0.29, 0.717) is 13.1 Å². The summed E-state index contributed by atoms with van der Waals surface area (Å²) in [4.78, 5) is 27.5. The van der Waals surface area contributed by atoms with Crippen molar-refractivity contribution in [3.8, 4) is 0 Å². The van der Waals surface area contributed by atoms with Gasteiger partial charge in [-0.05, 0) is 46.2 Å². The summed E-state index contributed by atoms with van der Waals surface area (Å²) in [6.45, 7) is 15.2. The number of amides is 1. The predicted molar refractivity (Wildman–Crippen MR) is 129 cm³/mol. The van der Waals surface area contributed by atoms with Crippen molar-refractivity contribution in [3.63, 3.8) is 0 Å². The summed E-state index contributed by atoms with van der Waals surface area (Å²) in [6.07, 6.45) is 1.88. The molecule has 0 aliphatic rings. The molecule has 1 aromatic heterocycles. The number of halogens is 1. The number of aliphatic imine (C=N–C) groups is 1. The summed E-state index contributed by atoms with van der Waals surface area (Å²) in [5, 5.41) is 3.26. The smallest absolute Gasteiger partial charge is 0.242 e. The molecule has 0 spiro atoms. The van der Waals surface area contributed by atoms with Crippen molar-refractivity contribution < 1.29 is 4.79 Å². The zero-order valence-corrected chi connectivity index (χ0v) is 20.6. The Balaban J connectivity index is 0.00000729. The Morgan fingerprint density at radius 1 is 1.07 bits per heavy atom. The summed E-state index contributed by atoms with van der Waals surface area (Å²) in [7, 11) is 1.89. The summed E-state index contributed by atoms with van der Waals surface area (Å²) in [6, 6.07) is 4.10. The lowest BCUT2D eigenvalue weighted by molar-refractivity contribution is -0.131. The molecular formula is C20H37IN6O. The van der Waals surface area contributed by atoms with E-state index < -0.39 is 0 Å². The molecule has 28 heavy (non-hydrogen) atoms. The van der Waals surface area contributed by atoms with Crippen LogP contribution < -0.4 is 10.2 Å². The van der Waals surface area contributed by atoms with Crippen LogP contribution in [0.15, 0.2) is 23.3 Å². The number of anilines is 1. The first-order chi connectivity index (χ1) is 13.0. The first-order valence-corrected chi connectivity index (χ1v) is 9.97. The zero-order chi connectivity index (χ0) is 20.2. The Morgan fingerprint density at radius 3 is 2.18 bits per heavy atom. The molecule has 1 rings (SSSR count). The number of carbonyl (C=O) groups is 1. The number of guanidine groups is 1. The molecule has 0 aliphatic heterocycles. The van der Waals surface area contributed by atoms with Gasteiger partial charge in [0.05, 0.1) is 13.1 Å². The highest BCUT2D eigenvalue weighted by Gasteiger charge is 2.15. The molecule has 1 N–H and O–H groups in total. The molecule has 0 saturated carbocycles. The average Bonchev–Trinajstić information content (AvgIpc) is 2.68. The van der Waals surface area contributed by atoms with Crippen molar-refractivity contribution >= 4 is 41.7 Å². The van der Waals surface area contributed by atoms with Crippen LogP contribution in [0.25, 0.3) is 0 Å². The van der Waals surface area contributed by atoms with E-state index in [2.05, 4.69) is 40.1 Å². The molecule has 1 heterocycles. The Hall–Kier alpha value is -1.58. The second-order valence-corrected chi connectivity index (χ2v) is 6.29. The van der Waals surface area contributed by atoms with Gasteiger partial charge in [-0.1, -0.05) is 6.07 Å². The quantitative estimate of drug-likeness (QED) is 0.302. The molecule has 0 aromatic carbocycles. The molecule has 160 valence electrons. The van der Waals surface area contributed by atoms with Crippen LogP contribution in [0.4, 0.5) is 5.82 Å². The molecule has 0 unspecified atom stereocenters. The van der Waals surface area contributed by atoms with Gasteiger partial charge < -0.3 is 20.0 Å². The number of hydrogen-bond acceptors (Lipinski definition) is 4. The van der Waals surface area contributed by atoms with Gasteiger partial charge in [-0.3, -0.25) is 4.79 Å². The van der Waals surface area contributed by atoms with Crippen LogP contribution in [-0.4, -0.2) is 73.0 Å². The lowest BCUT2D eigenvalue weighted by Gasteiger charge is -2.25. The van der Waals surface area contributed by atoms with Crippen LogP contribution >= 0.6 is 24.0 Å². The molecule has 0 atom stereocenters. The molecule has 1 amide bonds. The minimum Gasteiger partial charge on any atom is -0.357 e. The van der Waals surface area contributed by atoms with Gasteiger partial charge in [-0.15, -0.1) is 24.0 Å². The van der Waals surface area contributed by atoms with E-state index in [4.69, 9.17) is 0 Å². The van der Waals surface area contributed by atoms with Gasteiger partial charge in [0.2, 0.25) is 5.91 Å². The van der Waals surface area contributed by atoms with Crippen molar-refractivity contribution in [3.05, 3.63) is 23.9 Å². The van der Waals surface area contributed by atoms with Crippen LogP contribution in [0.5, 0.6) is 0 Å². The van der Waals surface area contributed by atoms with Gasteiger partial charge in [0.25, 0.3) is 0 Å². The fourth-order valence-electron chi connectivity index (χ4n) is 2.83. The number of nitrogens with one attached hydrogen (secondary N) is 1. The lowest BCUT2D eigenvalue weighted by atomic mass is 10.3. The van der Waals surface area contributed by atoms with Crippen LogP contribution in [0.3, 0.4) is 0 Å². The normalized spacial score (nSPS) is 10.9. The fraction of sp³-hybridized carbons (Fsp3) is 0.650. The summed E-state index contributed by atoms with van der Waals surface area (Å²) in [5.41, 5.74) is 1.05. The Labute approximate surface area is 187 Å². The van der Waals surface area contributed by atoms with E-state index in [1.165, 1.54) is 0 Å². The number of carbonyl (C=O) groups excluding carboxylic acids is 1. The minimum atomic E-state index is 0. The molecule has 1 aromatic rings. The molecule has 0 bridgehead atoms. The molecule has 7 nitrogen and oxygen atoms in total. The maximum atomic E-state index is 12.3. The third-order valence-electron chi connectivity index (χ3n) is 4.49. The Morgan fingerprint density at radius 2 is 1.71 bits per heavy atom. The lowest BCUT2D eigenvalue weighted by Crippen LogP contribution is -2.45. The number of hydrogen-bond donors (Lipinski definition) is 1. The number of nitrogens with zero attached hydrogens (tertiary/aromatic N) is 5. The van der Waals surface area contributed by atoms with Crippen molar-refractivity contribution in [1.29, 1.82) is 0 Å². The second kappa shape index (κ2) is 14.4. The average molecular weight is 504 g/mol. The molecule has 0 aliphatic carbocycles. The van der Waals surface area contributed by atoms with E-state index >= 15 is 0 Å². The largest absolute Gasteiger partial charge is 0.357 e. The first kappa shape index (κ1) is 26.4. The third-order valence-corrected chi connectivity index (χ3v) is 4.49. The van der Waals surface area contributed by atoms with Gasteiger partial charge in [0, 0.05) is 46.0 Å².